The number of H-pyrrole nitrogens is 1. The summed E-state index contributed by atoms with van der Waals surface area (Å²) in [7, 11) is 0. The van der Waals surface area contributed by atoms with E-state index >= 15 is 0 Å². The van der Waals surface area contributed by atoms with Crippen molar-refractivity contribution in [1.29, 1.82) is 0 Å². The highest BCUT2D eigenvalue weighted by Gasteiger charge is 2.44. The van der Waals surface area contributed by atoms with Gasteiger partial charge in [-0.05, 0) is 0 Å². The summed E-state index contributed by atoms with van der Waals surface area (Å²) in [6.07, 6.45) is -2.99. The lowest BCUT2D eigenvalue weighted by atomic mass is 10.1. The van der Waals surface area contributed by atoms with Crippen molar-refractivity contribution in [2.45, 2.75) is 24.5 Å². The maximum atomic E-state index is 11.8. The van der Waals surface area contributed by atoms with E-state index in [2.05, 4.69) is 9.97 Å². The molecule has 11 nitrogen and oxygen atoms in total. The topological polar surface area (TPSA) is 164 Å². The molecule has 3 heterocycles. The number of hydrogen-bond acceptors (Lipinski definition) is 8. The van der Waals surface area contributed by atoms with Crippen LogP contribution < -0.4 is 5.56 Å². The van der Waals surface area contributed by atoms with Crippen molar-refractivity contribution in [2.24, 2.45) is 0 Å². The highest BCUT2D eigenvalue weighted by molar-refractivity contribution is 5.85. The summed E-state index contributed by atoms with van der Waals surface area (Å²) in [5.74, 6) is 0. The fourth-order valence-electron chi connectivity index (χ4n) is 2.52. The van der Waals surface area contributed by atoms with E-state index in [-0.39, 0.29) is 11.0 Å². The summed E-state index contributed by atoms with van der Waals surface area (Å²) in [5.41, 5.74) is -1.27. The number of rotatable bonds is 3. The van der Waals surface area contributed by atoms with Crippen molar-refractivity contribution in [3.63, 3.8) is 0 Å². The lowest BCUT2D eigenvalue weighted by Crippen LogP contribution is -2.33. The molecule has 0 bridgehead atoms. The zero-order chi connectivity index (χ0) is 16.0. The lowest BCUT2D eigenvalue weighted by Gasteiger charge is -2.16. The van der Waals surface area contributed by atoms with Gasteiger partial charge in [0.25, 0.3) is 5.56 Å². The molecular formula is C11H12N4O7. The Morgan fingerprint density at radius 1 is 1.45 bits per heavy atom. The number of nitrogens with zero attached hydrogens (tertiary/aromatic N) is 3. The van der Waals surface area contributed by atoms with Crippen molar-refractivity contribution in [2.75, 3.05) is 6.61 Å². The number of hydrogen-bond donors (Lipinski definition) is 4. The molecule has 0 radical (unpaired) electrons. The smallest absolute Gasteiger partial charge is 0.302 e. The van der Waals surface area contributed by atoms with Crippen molar-refractivity contribution < 1.29 is 25.0 Å². The number of nitro groups is 1. The Balaban J connectivity index is 2.18. The molecule has 1 aliphatic heterocycles. The average Bonchev–Trinajstić information content (AvgIpc) is 3.00. The molecule has 0 spiro atoms. The maximum Gasteiger partial charge on any atom is 0.302 e. The standard InChI is InChI=1S/C11H12N4O7/c16-2-5-7(17)8(18)11(22-5)14-1-4(15(20)21)6-9(14)12-3-13-10(6)19/h1,3,5,7-8,11,16-18H,2H2,(H,12,13,19)/t5-,7-,8-,11-/m1/s1. The summed E-state index contributed by atoms with van der Waals surface area (Å²) < 4.78 is 6.40. The van der Waals surface area contributed by atoms with Gasteiger partial charge in [-0.15, -0.1) is 0 Å². The summed E-state index contributed by atoms with van der Waals surface area (Å²) >= 11 is 0. The molecule has 1 saturated heterocycles. The Labute approximate surface area is 121 Å². The molecule has 0 aromatic carbocycles. The van der Waals surface area contributed by atoms with Crippen LogP contribution in [0.1, 0.15) is 6.23 Å². The molecule has 4 N–H and O–H groups in total. The normalized spacial score (nSPS) is 28.3. The number of fused-ring (bicyclic) bond motifs is 1. The monoisotopic (exact) mass is 312 g/mol. The molecular weight excluding hydrogens is 300 g/mol. The third kappa shape index (κ3) is 1.99. The third-order valence-electron chi connectivity index (χ3n) is 3.58. The predicted octanol–water partition coefficient (Wildman–Crippen LogP) is -1.76. The van der Waals surface area contributed by atoms with Crippen LogP contribution >= 0.6 is 0 Å². The summed E-state index contributed by atoms with van der Waals surface area (Å²) in [5, 5.41) is 39.7. The Hall–Kier alpha value is -2.34. The Bertz CT molecular complexity index is 784. The van der Waals surface area contributed by atoms with Gasteiger partial charge in [-0.3, -0.25) is 19.5 Å². The molecule has 1 aliphatic rings. The second kappa shape index (κ2) is 5.14. The minimum absolute atomic E-state index is 0.0645. The average molecular weight is 312 g/mol. The van der Waals surface area contributed by atoms with Gasteiger partial charge in [0.1, 0.15) is 18.3 Å². The van der Waals surface area contributed by atoms with E-state index in [1.54, 1.807) is 0 Å². The largest absolute Gasteiger partial charge is 0.394 e. The summed E-state index contributed by atoms with van der Waals surface area (Å²) in [6.45, 7) is -0.538. The first kappa shape index (κ1) is 14.6. The van der Waals surface area contributed by atoms with Gasteiger partial charge < -0.3 is 25.0 Å². The van der Waals surface area contributed by atoms with Crippen LogP contribution in [0.15, 0.2) is 17.3 Å². The van der Waals surface area contributed by atoms with Gasteiger partial charge >= 0.3 is 5.69 Å². The summed E-state index contributed by atoms with van der Waals surface area (Å²) in [6, 6.07) is 0. The number of ether oxygens (including phenoxy) is 1. The first-order valence-corrected chi connectivity index (χ1v) is 6.30. The highest BCUT2D eigenvalue weighted by atomic mass is 16.6. The van der Waals surface area contributed by atoms with Crippen LogP contribution in [0.2, 0.25) is 0 Å². The fraction of sp³-hybridized carbons (Fsp3) is 0.455. The third-order valence-corrected chi connectivity index (χ3v) is 3.58. The summed E-state index contributed by atoms with van der Waals surface area (Å²) in [4.78, 5) is 28.2. The van der Waals surface area contributed by atoms with Gasteiger partial charge in [0.15, 0.2) is 17.3 Å². The minimum atomic E-state index is -1.44. The van der Waals surface area contributed by atoms with Crippen LogP contribution in [0.5, 0.6) is 0 Å². The lowest BCUT2D eigenvalue weighted by molar-refractivity contribution is -0.383. The van der Waals surface area contributed by atoms with Gasteiger partial charge in [0, 0.05) is 0 Å². The molecule has 0 saturated carbocycles. The SMILES string of the molecule is O=c1[nH]cnc2c1c([N+](=O)[O-])cn2[C@@H]1O[C@H](CO)[C@@H](O)[C@H]1O. The van der Waals surface area contributed by atoms with E-state index < -0.39 is 47.3 Å². The van der Waals surface area contributed by atoms with E-state index in [0.717, 1.165) is 17.1 Å². The number of nitrogens with one attached hydrogen (secondary N) is 1. The van der Waals surface area contributed by atoms with Crippen LogP contribution in [0.25, 0.3) is 11.0 Å². The van der Waals surface area contributed by atoms with E-state index in [1.165, 1.54) is 0 Å². The van der Waals surface area contributed by atoms with E-state index in [4.69, 9.17) is 9.84 Å². The highest BCUT2D eigenvalue weighted by Crippen LogP contribution is 2.34. The molecule has 2 aromatic heterocycles. The molecule has 4 atom stereocenters. The van der Waals surface area contributed by atoms with Crippen LogP contribution in [-0.4, -0.2) is 59.7 Å². The van der Waals surface area contributed by atoms with Crippen molar-refractivity contribution in [3.8, 4) is 0 Å². The Morgan fingerprint density at radius 2 is 2.18 bits per heavy atom. The second-order valence-electron chi connectivity index (χ2n) is 4.84. The predicted molar refractivity (Wildman–Crippen MR) is 70.0 cm³/mol. The molecule has 0 aliphatic carbocycles. The number of aliphatic hydroxyl groups excluding tert-OH is 3. The second-order valence-corrected chi connectivity index (χ2v) is 4.84. The van der Waals surface area contributed by atoms with Crippen LogP contribution in [0.4, 0.5) is 5.69 Å². The number of aliphatic hydroxyl groups is 3. The first-order chi connectivity index (χ1) is 10.5. The van der Waals surface area contributed by atoms with Crippen molar-refractivity contribution in [3.05, 3.63) is 33.0 Å². The quantitative estimate of drug-likeness (QED) is 0.382. The Kier molecular flexibility index (Phi) is 3.41. The number of aromatic amines is 1. The van der Waals surface area contributed by atoms with Crippen molar-refractivity contribution in [1.82, 2.24) is 14.5 Å². The zero-order valence-corrected chi connectivity index (χ0v) is 11.0. The van der Waals surface area contributed by atoms with Gasteiger partial charge in [-0.25, -0.2) is 4.98 Å². The molecule has 11 heteroatoms. The minimum Gasteiger partial charge on any atom is -0.394 e. The molecule has 2 aromatic rings. The molecule has 1 fully saturated rings. The van der Waals surface area contributed by atoms with Crippen LogP contribution in [0, 0.1) is 10.1 Å². The van der Waals surface area contributed by atoms with E-state index in [0.29, 0.717) is 0 Å². The number of aromatic nitrogens is 3. The van der Waals surface area contributed by atoms with Gasteiger partial charge in [-0.2, -0.15) is 0 Å². The molecule has 118 valence electrons. The van der Waals surface area contributed by atoms with Gasteiger partial charge in [-0.1, -0.05) is 0 Å². The fourth-order valence-corrected chi connectivity index (χ4v) is 2.52. The van der Waals surface area contributed by atoms with E-state index in [9.17, 15) is 25.1 Å². The Morgan fingerprint density at radius 3 is 2.77 bits per heavy atom. The van der Waals surface area contributed by atoms with Crippen molar-refractivity contribution >= 4 is 16.7 Å². The van der Waals surface area contributed by atoms with Crippen LogP contribution in [-0.2, 0) is 4.74 Å². The first-order valence-electron chi connectivity index (χ1n) is 6.30. The molecule has 22 heavy (non-hydrogen) atoms. The van der Waals surface area contributed by atoms with Crippen LogP contribution in [0.3, 0.4) is 0 Å². The zero-order valence-electron chi connectivity index (χ0n) is 11.0. The van der Waals surface area contributed by atoms with Gasteiger partial charge in [0.05, 0.1) is 24.1 Å². The molecule has 0 unspecified atom stereocenters. The molecule has 3 rings (SSSR count). The van der Waals surface area contributed by atoms with E-state index in [1.807, 2.05) is 0 Å². The maximum absolute atomic E-state index is 11.8. The molecule has 0 amide bonds. The van der Waals surface area contributed by atoms with Gasteiger partial charge in [0.2, 0.25) is 0 Å².